The van der Waals surface area contributed by atoms with Gasteiger partial charge in [-0.2, -0.15) is 5.10 Å². The van der Waals surface area contributed by atoms with Gasteiger partial charge in [0.15, 0.2) is 0 Å². The predicted molar refractivity (Wildman–Crippen MR) is 184 cm³/mol. The third-order valence-electron chi connectivity index (χ3n) is 8.27. The van der Waals surface area contributed by atoms with Gasteiger partial charge in [0.2, 0.25) is 0 Å². The smallest absolute Gasteiger partial charge is 0.324 e. The number of aryl methyl sites for hydroxylation is 1. The molecule has 0 saturated carbocycles. The molecule has 2 heterocycles. The van der Waals surface area contributed by atoms with Gasteiger partial charge in [-0.25, -0.2) is 14.3 Å². The number of urea groups is 2. The first-order valence-corrected chi connectivity index (χ1v) is 15.6. The molecule has 236 valence electrons. The van der Waals surface area contributed by atoms with E-state index in [0.29, 0.717) is 11.7 Å². The van der Waals surface area contributed by atoms with Crippen LogP contribution in [0.4, 0.5) is 32.5 Å². The molecule has 1 fully saturated rings. The number of carbonyl (C=O) groups excluding carboxylic acids is 2. The molecule has 4 amide bonds. The van der Waals surface area contributed by atoms with Gasteiger partial charge in [0.25, 0.3) is 0 Å². The quantitative estimate of drug-likeness (QED) is 0.201. The highest BCUT2D eigenvalue weighted by molar-refractivity contribution is 5.99. The van der Waals surface area contributed by atoms with E-state index in [2.05, 4.69) is 48.9 Å². The van der Waals surface area contributed by atoms with Crippen molar-refractivity contribution in [2.75, 3.05) is 48.0 Å². The zero-order valence-electron chi connectivity index (χ0n) is 27.2. The molecule has 1 saturated heterocycles. The van der Waals surface area contributed by atoms with Gasteiger partial charge in [0.1, 0.15) is 5.82 Å². The summed E-state index contributed by atoms with van der Waals surface area (Å²) in [5.41, 5.74) is 6.62. The van der Waals surface area contributed by atoms with Crippen LogP contribution in [-0.2, 0) is 11.8 Å². The third kappa shape index (κ3) is 8.23. The molecule has 45 heavy (non-hydrogen) atoms. The molecular formula is C36H45N7O2. The van der Waals surface area contributed by atoms with Gasteiger partial charge in [-0.15, -0.1) is 0 Å². The largest absolute Gasteiger partial charge is 0.378 e. The van der Waals surface area contributed by atoms with Crippen LogP contribution in [0, 0.1) is 12.8 Å². The van der Waals surface area contributed by atoms with Crippen LogP contribution in [0.2, 0.25) is 0 Å². The fourth-order valence-corrected chi connectivity index (χ4v) is 5.44. The molecule has 0 spiro atoms. The van der Waals surface area contributed by atoms with E-state index in [1.807, 2.05) is 97.5 Å². The van der Waals surface area contributed by atoms with E-state index in [9.17, 15) is 9.59 Å². The fourth-order valence-electron chi connectivity index (χ4n) is 5.44. The van der Waals surface area contributed by atoms with E-state index >= 15 is 0 Å². The maximum Gasteiger partial charge on any atom is 0.324 e. The number of rotatable bonds is 7. The van der Waals surface area contributed by atoms with Crippen molar-refractivity contribution < 1.29 is 9.59 Å². The summed E-state index contributed by atoms with van der Waals surface area (Å²) in [5, 5.41) is 13.8. The molecule has 0 radical (unpaired) electrons. The number of anilines is 4. The van der Waals surface area contributed by atoms with Crippen molar-refractivity contribution in [2.45, 2.75) is 52.4 Å². The van der Waals surface area contributed by atoms with Gasteiger partial charge < -0.3 is 20.4 Å². The lowest BCUT2D eigenvalue weighted by Gasteiger charge is -2.32. The summed E-state index contributed by atoms with van der Waals surface area (Å²) < 4.78 is 1.78. The molecule has 1 aliphatic rings. The topological polar surface area (TPSA) is 94.5 Å². The number of benzene rings is 3. The van der Waals surface area contributed by atoms with E-state index in [4.69, 9.17) is 5.10 Å². The van der Waals surface area contributed by atoms with Crippen LogP contribution in [0.1, 0.15) is 50.4 Å². The Morgan fingerprint density at radius 3 is 2.04 bits per heavy atom. The third-order valence-corrected chi connectivity index (χ3v) is 8.27. The summed E-state index contributed by atoms with van der Waals surface area (Å²) in [4.78, 5) is 29.8. The lowest BCUT2D eigenvalue weighted by atomic mass is 9.90. The lowest BCUT2D eigenvalue weighted by molar-refractivity contribution is 0.182. The van der Waals surface area contributed by atoms with Crippen molar-refractivity contribution in [1.29, 1.82) is 0 Å². The van der Waals surface area contributed by atoms with Crippen LogP contribution < -0.4 is 20.9 Å². The molecule has 1 aliphatic heterocycles. The summed E-state index contributed by atoms with van der Waals surface area (Å²) in [7, 11) is 3.99. The standard InChI is InChI=1S/C36H45N7O2/c1-25-7-15-31(16-8-25)43-33(24-32(40-43)36(2,3)4)39-34(44)37-28-11-9-26(10-12-28)23-27-19-21-42(22-20-27)35(45)38-29-13-17-30(18-14-29)41(5)6/h7-18,24,27H,19-23H2,1-6H3,(H,38,45)(H2,37,39,44). The normalized spacial score (nSPS) is 13.8. The minimum atomic E-state index is -0.323. The molecule has 0 bridgehead atoms. The summed E-state index contributed by atoms with van der Waals surface area (Å²) in [6.07, 6.45) is 2.86. The second kappa shape index (κ2) is 13.5. The lowest BCUT2D eigenvalue weighted by Crippen LogP contribution is -2.41. The molecule has 4 aromatic rings. The fraction of sp³-hybridized carbons (Fsp3) is 0.361. The summed E-state index contributed by atoms with van der Waals surface area (Å²) in [6.45, 7) is 9.83. The van der Waals surface area contributed by atoms with Gasteiger partial charge in [0.05, 0.1) is 11.4 Å². The second-order valence-corrected chi connectivity index (χ2v) is 13.2. The molecule has 3 N–H and O–H groups in total. The molecule has 1 aromatic heterocycles. The van der Waals surface area contributed by atoms with Crippen molar-refractivity contribution in [3.63, 3.8) is 0 Å². The van der Waals surface area contributed by atoms with Crippen molar-refractivity contribution >= 4 is 34.9 Å². The van der Waals surface area contributed by atoms with Crippen LogP contribution in [-0.4, -0.2) is 53.9 Å². The van der Waals surface area contributed by atoms with E-state index in [0.717, 1.165) is 66.4 Å². The summed E-state index contributed by atoms with van der Waals surface area (Å²) in [5.74, 6) is 1.12. The Balaban J connectivity index is 1.12. The predicted octanol–water partition coefficient (Wildman–Crippen LogP) is 7.67. The zero-order chi connectivity index (χ0) is 32.1. The molecule has 9 heteroatoms. The maximum atomic E-state index is 13.0. The number of nitrogens with one attached hydrogen (secondary N) is 3. The highest BCUT2D eigenvalue weighted by Crippen LogP contribution is 2.27. The SMILES string of the molecule is Cc1ccc(-n2nc(C(C)(C)C)cc2NC(=O)Nc2ccc(CC3CCN(C(=O)Nc4ccc(N(C)C)cc4)CC3)cc2)cc1. The molecular weight excluding hydrogens is 562 g/mol. The number of nitrogens with zero attached hydrogens (tertiary/aromatic N) is 4. The van der Waals surface area contributed by atoms with Gasteiger partial charge >= 0.3 is 12.1 Å². The van der Waals surface area contributed by atoms with E-state index in [1.54, 1.807) is 4.68 Å². The average molecular weight is 608 g/mol. The van der Waals surface area contributed by atoms with Crippen molar-refractivity contribution in [2.24, 2.45) is 5.92 Å². The van der Waals surface area contributed by atoms with Crippen LogP contribution in [0.25, 0.3) is 5.69 Å². The number of piperidine rings is 1. The first-order valence-electron chi connectivity index (χ1n) is 15.6. The van der Waals surface area contributed by atoms with Gasteiger partial charge in [0, 0.05) is 55.7 Å². The highest BCUT2D eigenvalue weighted by Gasteiger charge is 2.24. The second-order valence-electron chi connectivity index (χ2n) is 13.2. The monoisotopic (exact) mass is 607 g/mol. The number of hydrogen-bond acceptors (Lipinski definition) is 4. The molecule has 3 aromatic carbocycles. The van der Waals surface area contributed by atoms with Crippen LogP contribution in [0.3, 0.4) is 0 Å². The number of amides is 4. The van der Waals surface area contributed by atoms with Crippen LogP contribution in [0.5, 0.6) is 0 Å². The van der Waals surface area contributed by atoms with Crippen molar-refractivity contribution in [3.8, 4) is 5.69 Å². The van der Waals surface area contributed by atoms with Crippen LogP contribution in [0.15, 0.2) is 78.9 Å². The van der Waals surface area contributed by atoms with Gasteiger partial charge in [-0.05, 0) is 86.2 Å². The number of likely N-dealkylation sites (tertiary alicyclic amines) is 1. The van der Waals surface area contributed by atoms with E-state index in [1.165, 1.54) is 5.56 Å². The van der Waals surface area contributed by atoms with Gasteiger partial charge in [-0.3, -0.25) is 5.32 Å². The average Bonchev–Trinajstić information content (AvgIpc) is 3.43. The Morgan fingerprint density at radius 1 is 0.844 bits per heavy atom. The Morgan fingerprint density at radius 2 is 1.44 bits per heavy atom. The Labute approximate surface area is 266 Å². The Kier molecular flexibility index (Phi) is 9.46. The van der Waals surface area contributed by atoms with Gasteiger partial charge in [-0.1, -0.05) is 50.6 Å². The van der Waals surface area contributed by atoms with E-state index in [-0.39, 0.29) is 17.5 Å². The molecule has 0 atom stereocenters. The summed E-state index contributed by atoms with van der Waals surface area (Å²) in [6, 6.07) is 25.5. The maximum absolute atomic E-state index is 13.0. The first kappa shape index (κ1) is 31.6. The van der Waals surface area contributed by atoms with E-state index < -0.39 is 0 Å². The Bertz CT molecular complexity index is 1590. The van der Waals surface area contributed by atoms with Crippen LogP contribution >= 0.6 is 0 Å². The molecule has 0 aliphatic carbocycles. The number of aromatic nitrogens is 2. The molecule has 5 rings (SSSR count). The Hall–Kier alpha value is -4.79. The van der Waals surface area contributed by atoms with Crippen molar-refractivity contribution in [1.82, 2.24) is 14.7 Å². The first-order chi connectivity index (χ1) is 21.4. The zero-order valence-corrected chi connectivity index (χ0v) is 27.2. The number of hydrogen-bond donors (Lipinski definition) is 3. The highest BCUT2D eigenvalue weighted by atomic mass is 16.2. The minimum absolute atomic E-state index is 0.0451. The summed E-state index contributed by atoms with van der Waals surface area (Å²) >= 11 is 0. The number of carbonyl (C=O) groups is 2. The molecule has 9 nitrogen and oxygen atoms in total. The van der Waals surface area contributed by atoms with Crippen molar-refractivity contribution in [3.05, 3.63) is 95.7 Å². The minimum Gasteiger partial charge on any atom is -0.378 e. The molecule has 0 unspecified atom stereocenters.